The Bertz CT molecular complexity index is 364. The van der Waals surface area contributed by atoms with Crippen molar-refractivity contribution in [3.05, 3.63) is 25.8 Å². The van der Waals surface area contributed by atoms with E-state index >= 15 is 0 Å². The van der Waals surface area contributed by atoms with Crippen LogP contribution in [-0.2, 0) is 11.2 Å². The summed E-state index contributed by atoms with van der Waals surface area (Å²) in [5.74, 6) is 0.750. The number of ether oxygens (including phenoxy) is 1. The van der Waals surface area contributed by atoms with Gasteiger partial charge in [0.1, 0.15) is 12.0 Å². The molecule has 0 unspecified atom stereocenters. The minimum Gasteiger partial charge on any atom is -0.495 e. The van der Waals surface area contributed by atoms with E-state index in [1.165, 1.54) is 0 Å². The number of hydrogen-bond acceptors (Lipinski definition) is 2. The van der Waals surface area contributed by atoms with E-state index < -0.39 is 0 Å². The van der Waals surface area contributed by atoms with Crippen LogP contribution in [0.5, 0.6) is 5.75 Å². The molecule has 0 bridgehead atoms. The predicted octanol–water partition coefficient (Wildman–Crippen LogP) is 3.00. The van der Waals surface area contributed by atoms with Crippen LogP contribution in [0.25, 0.3) is 0 Å². The van der Waals surface area contributed by atoms with Gasteiger partial charge in [-0.15, -0.1) is 0 Å². The third kappa shape index (κ3) is 2.20. The first kappa shape index (κ1) is 11.8. The summed E-state index contributed by atoms with van der Waals surface area (Å²) in [5.41, 5.74) is 1.82. The molecule has 2 nitrogen and oxygen atoms in total. The molecule has 0 saturated carbocycles. The first-order valence-corrected chi connectivity index (χ1v) is 5.52. The summed E-state index contributed by atoms with van der Waals surface area (Å²) in [6.45, 7) is 1.93. The topological polar surface area (TPSA) is 26.3 Å². The monoisotopic (exact) mass is 324 g/mol. The van der Waals surface area contributed by atoms with E-state index in [0.29, 0.717) is 11.4 Å². The Morgan fingerprint density at radius 1 is 1.64 bits per heavy atom. The van der Waals surface area contributed by atoms with Crippen LogP contribution in [0.1, 0.15) is 11.1 Å². The molecule has 0 atom stereocenters. The van der Waals surface area contributed by atoms with E-state index in [9.17, 15) is 4.79 Å². The van der Waals surface area contributed by atoms with E-state index in [4.69, 9.17) is 16.3 Å². The van der Waals surface area contributed by atoms with E-state index in [2.05, 4.69) is 22.6 Å². The molecule has 0 amide bonds. The molecule has 1 aromatic rings. The minimum atomic E-state index is 0.333. The zero-order valence-electron chi connectivity index (χ0n) is 7.93. The van der Waals surface area contributed by atoms with Crippen molar-refractivity contribution in [3.63, 3.8) is 0 Å². The van der Waals surface area contributed by atoms with Crippen molar-refractivity contribution in [1.29, 1.82) is 0 Å². The quantitative estimate of drug-likeness (QED) is 0.631. The van der Waals surface area contributed by atoms with Crippen molar-refractivity contribution in [1.82, 2.24) is 0 Å². The molecule has 0 fully saturated rings. The molecule has 0 saturated heterocycles. The second-order valence-electron chi connectivity index (χ2n) is 2.86. The van der Waals surface area contributed by atoms with Gasteiger partial charge in [-0.25, -0.2) is 0 Å². The van der Waals surface area contributed by atoms with Gasteiger partial charge in [-0.2, -0.15) is 0 Å². The number of rotatable bonds is 3. The maximum atomic E-state index is 10.4. The highest BCUT2D eigenvalue weighted by Crippen LogP contribution is 2.33. The van der Waals surface area contributed by atoms with Crippen LogP contribution in [0.2, 0.25) is 5.02 Å². The summed E-state index contributed by atoms with van der Waals surface area (Å²) in [6, 6.07) is 1.78. The number of methoxy groups -OCH3 is 1. The van der Waals surface area contributed by atoms with Crippen molar-refractivity contribution in [2.24, 2.45) is 0 Å². The lowest BCUT2D eigenvalue weighted by Gasteiger charge is -2.12. The van der Waals surface area contributed by atoms with Crippen molar-refractivity contribution >= 4 is 40.5 Å². The molecule has 0 aliphatic heterocycles. The average molecular weight is 325 g/mol. The zero-order valence-corrected chi connectivity index (χ0v) is 10.8. The molecular weight excluding hydrogens is 314 g/mol. The van der Waals surface area contributed by atoms with Crippen molar-refractivity contribution < 1.29 is 9.53 Å². The highest BCUT2D eigenvalue weighted by molar-refractivity contribution is 14.1. The van der Waals surface area contributed by atoms with Crippen LogP contribution in [0.3, 0.4) is 0 Å². The second kappa shape index (κ2) is 4.98. The van der Waals surface area contributed by atoms with Crippen LogP contribution in [0.4, 0.5) is 0 Å². The minimum absolute atomic E-state index is 0.333. The Balaban J connectivity index is 3.35. The molecule has 1 rings (SSSR count). The standard InChI is InChI=1S/C10H10ClIO2/c1-6-8(11)5-7(3-4-13)10(14-2)9(6)12/h4-5H,3H2,1-2H3. The number of benzene rings is 1. The van der Waals surface area contributed by atoms with Gasteiger partial charge in [0.15, 0.2) is 0 Å². The van der Waals surface area contributed by atoms with Gasteiger partial charge >= 0.3 is 0 Å². The van der Waals surface area contributed by atoms with Gasteiger partial charge in [-0.3, -0.25) is 0 Å². The largest absolute Gasteiger partial charge is 0.495 e. The Morgan fingerprint density at radius 2 is 2.29 bits per heavy atom. The van der Waals surface area contributed by atoms with E-state index in [-0.39, 0.29) is 0 Å². The van der Waals surface area contributed by atoms with Gasteiger partial charge in [-0.1, -0.05) is 11.6 Å². The summed E-state index contributed by atoms with van der Waals surface area (Å²) in [5, 5.41) is 0.673. The van der Waals surface area contributed by atoms with Crippen LogP contribution in [0, 0.1) is 10.5 Å². The Kier molecular flexibility index (Phi) is 4.19. The van der Waals surface area contributed by atoms with Gasteiger partial charge in [0.25, 0.3) is 0 Å². The Morgan fingerprint density at radius 3 is 2.79 bits per heavy atom. The summed E-state index contributed by atoms with van der Waals surface area (Å²) in [7, 11) is 1.60. The summed E-state index contributed by atoms with van der Waals surface area (Å²) >= 11 is 8.18. The van der Waals surface area contributed by atoms with Gasteiger partial charge in [0, 0.05) is 17.0 Å². The molecule has 1 aromatic carbocycles. The SMILES string of the molecule is COc1c(CC=O)cc(Cl)c(C)c1I. The second-order valence-corrected chi connectivity index (χ2v) is 4.35. The lowest BCUT2D eigenvalue weighted by molar-refractivity contribution is -0.107. The zero-order chi connectivity index (χ0) is 10.7. The lowest BCUT2D eigenvalue weighted by atomic mass is 10.1. The maximum Gasteiger partial charge on any atom is 0.136 e. The molecule has 14 heavy (non-hydrogen) atoms. The van der Waals surface area contributed by atoms with Crippen LogP contribution >= 0.6 is 34.2 Å². The number of hydrogen-bond donors (Lipinski definition) is 0. The third-order valence-corrected chi connectivity index (χ3v) is 3.68. The maximum absolute atomic E-state index is 10.4. The molecule has 0 aliphatic carbocycles. The number of halogens is 2. The molecule has 0 radical (unpaired) electrons. The molecular formula is C10H10ClIO2. The normalized spacial score (nSPS) is 10.0. The fraction of sp³-hybridized carbons (Fsp3) is 0.300. The van der Waals surface area contributed by atoms with Crippen LogP contribution < -0.4 is 4.74 Å². The van der Waals surface area contributed by atoms with Gasteiger partial charge < -0.3 is 9.53 Å². The summed E-state index contributed by atoms with van der Waals surface area (Å²) in [4.78, 5) is 10.4. The summed E-state index contributed by atoms with van der Waals surface area (Å²) < 4.78 is 6.21. The number of carbonyl (C=O) groups excluding carboxylic acids is 1. The Labute approximate surface area is 102 Å². The van der Waals surface area contributed by atoms with Gasteiger partial charge in [0.05, 0.1) is 10.7 Å². The van der Waals surface area contributed by atoms with Crippen molar-refractivity contribution in [3.8, 4) is 5.75 Å². The highest BCUT2D eigenvalue weighted by Gasteiger charge is 2.12. The molecule has 0 spiro atoms. The van der Waals surface area contributed by atoms with Crippen molar-refractivity contribution in [2.45, 2.75) is 13.3 Å². The molecule has 76 valence electrons. The smallest absolute Gasteiger partial charge is 0.136 e. The molecule has 4 heteroatoms. The summed E-state index contributed by atoms with van der Waals surface area (Å²) in [6.07, 6.45) is 1.18. The van der Waals surface area contributed by atoms with E-state index in [1.54, 1.807) is 13.2 Å². The molecule has 0 aromatic heterocycles. The number of carbonyl (C=O) groups is 1. The highest BCUT2D eigenvalue weighted by atomic mass is 127. The molecule has 0 N–H and O–H groups in total. The lowest BCUT2D eigenvalue weighted by Crippen LogP contribution is -1.98. The van der Waals surface area contributed by atoms with E-state index in [0.717, 1.165) is 26.7 Å². The fourth-order valence-corrected chi connectivity index (χ4v) is 2.45. The first-order valence-electron chi connectivity index (χ1n) is 4.07. The van der Waals surface area contributed by atoms with Gasteiger partial charge in [-0.05, 0) is 41.1 Å². The van der Waals surface area contributed by atoms with Gasteiger partial charge in [0.2, 0.25) is 0 Å². The third-order valence-electron chi connectivity index (χ3n) is 1.99. The molecule has 0 aliphatic rings. The average Bonchev–Trinajstić information content (AvgIpc) is 2.16. The number of aldehydes is 1. The fourth-order valence-electron chi connectivity index (χ4n) is 1.20. The van der Waals surface area contributed by atoms with E-state index in [1.807, 2.05) is 6.92 Å². The first-order chi connectivity index (χ1) is 6.61. The van der Waals surface area contributed by atoms with Crippen LogP contribution in [-0.4, -0.2) is 13.4 Å². The predicted molar refractivity (Wildman–Crippen MR) is 65.2 cm³/mol. The molecule has 0 heterocycles. The van der Waals surface area contributed by atoms with Crippen molar-refractivity contribution in [2.75, 3.05) is 7.11 Å². The Hall–Kier alpha value is -0.290. The van der Waals surface area contributed by atoms with Crippen LogP contribution in [0.15, 0.2) is 6.07 Å².